The lowest BCUT2D eigenvalue weighted by Gasteiger charge is -2.31. The zero-order chi connectivity index (χ0) is 13.1. The number of carboxylic acids is 2. The van der Waals surface area contributed by atoms with Gasteiger partial charge in [-0.25, -0.2) is 0 Å². The van der Waals surface area contributed by atoms with E-state index in [0.29, 0.717) is 12.8 Å². The molecular formula is C14H16O4. The zero-order valence-corrected chi connectivity index (χ0v) is 9.95. The largest absolute Gasteiger partial charge is 0.481 e. The molecule has 96 valence electrons. The first-order chi connectivity index (χ1) is 8.59. The predicted octanol–water partition coefficient (Wildman–Crippen LogP) is 2.36. The van der Waals surface area contributed by atoms with Crippen LogP contribution in [-0.2, 0) is 9.59 Å². The first kappa shape index (κ1) is 12.6. The summed E-state index contributed by atoms with van der Waals surface area (Å²) in [5.41, 5.74) is 1.10. The van der Waals surface area contributed by atoms with Crippen molar-refractivity contribution < 1.29 is 19.8 Å². The average Bonchev–Trinajstić information content (AvgIpc) is 2.39. The van der Waals surface area contributed by atoms with Crippen molar-refractivity contribution >= 4 is 11.9 Å². The molecule has 0 aliphatic heterocycles. The van der Waals surface area contributed by atoms with Gasteiger partial charge in [-0.2, -0.15) is 0 Å². The Hall–Kier alpha value is -1.84. The minimum absolute atomic E-state index is 0.155. The molecule has 1 aromatic carbocycles. The lowest BCUT2D eigenvalue weighted by molar-refractivity contribution is -0.155. The summed E-state index contributed by atoms with van der Waals surface area (Å²) in [5, 5.41) is 18.2. The molecule has 0 heterocycles. The molecule has 0 spiro atoms. The fourth-order valence-corrected chi connectivity index (χ4v) is 2.77. The lowest BCUT2D eigenvalue weighted by Crippen LogP contribution is -2.35. The van der Waals surface area contributed by atoms with Gasteiger partial charge in [-0.05, 0) is 30.7 Å². The molecule has 0 unspecified atom stereocenters. The van der Waals surface area contributed by atoms with Crippen LogP contribution in [0.1, 0.15) is 30.7 Å². The molecule has 4 heteroatoms. The number of rotatable bonds is 3. The average molecular weight is 248 g/mol. The Morgan fingerprint density at radius 2 is 1.56 bits per heavy atom. The fraction of sp³-hybridized carbons (Fsp3) is 0.429. The number of carbonyl (C=O) groups is 2. The van der Waals surface area contributed by atoms with Gasteiger partial charge in [-0.1, -0.05) is 30.3 Å². The molecular weight excluding hydrogens is 232 g/mol. The molecule has 0 amide bonds. The Labute approximate surface area is 105 Å². The van der Waals surface area contributed by atoms with Crippen LogP contribution in [0.2, 0.25) is 0 Å². The van der Waals surface area contributed by atoms with Crippen LogP contribution in [0.5, 0.6) is 0 Å². The smallest absolute Gasteiger partial charge is 0.307 e. The summed E-state index contributed by atoms with van der Waals surface area (Å²) in [6.07, 6.45) is 1.59. The van der Waals surface area contributed by atoms with Crippen LogP contribution in [0, 0.1) is 11.8 Å². The Morgan fingerprint density at radius 3 is 2.11 bits per heavy atom. The minimum atomic E-state index is -0.997. The van der Waals surface area contributed by atoms with E-state index >= 15 is 0 Å². The second-order valence-electron chi connectivity index (χ2n) is 4.81. The van der Waals surface area contributed by atoms with E-state index in [1.807, 2.05) is 30.3 Å². The highest BCUT2D eigenvalue weighted by Crippen LogP contribution is 2.39. The number of hydrogen-bond acceptors (Lipinski definition) is 2. The molecule has 3 atom stereocenters. The number of benzene rings is 1. The summed E-state index contributed by atoms with van der Waals surface area (Å²) >= 11 is 0. The van der Waals surface area contributed by atoms with Gasteiger partial charge in [-0.3, -0.25) is 9.59 Å². The molecule has 1 aromatic rings. The third-order valence-electron chi connectivity index (χ3n) is 3.76. The molecule has 1 saturated carbocycles. The highest BCUT2D eigenvalue weighted by molar-refractivity contribution is 5.80. The summed E-state index contributed by atoms with van der Waals surface area (Å²) in [6, 6.07) is 9.72. The summed E-state index contributed by atoms with van der Waals surface area (Å²) in [5.74, 6) is -3.36. The number of hydrogen-bond donors (Lipinski definition) is 2. The van der Waals surface area contributed by atoms with Gasteiger partial charge in [0.1, 0.15) is 0 Å². The van der Waals surface area contributed by atoms with E-state index in [9.17, 15) is 9.59 Å². The quantitative estimate of drug-likeness (QED) is 0.861. The number of carboxylic acid groups (broad SMARTS) is 2. The van der Waals surface area contributed by atoms with Gasteiger partial charge >= 0.3 is 11.9 Å². The summed E-state index contributed by atoms with van der Waals surface area (Å²) in [7, 11) is 0. The number of aliphatic carboxylic acids is 2. The van der Waals surface area contributed by atoms with Gasteiger partial charge < -0.3 is 10.2 Å². The topological polar surface area (TPSA) is 74.6 Å². The van der Waals surface area contributed by atoms with Crippen molar-refractivity contribution in [3.05, 3.63) is 35.9 Å². The van der Waals surface area contributed by atoms with Crippen molar-refractivity contribution in [3.8, 4) is 0 Å². The van der Waals surface area contributed by atoms with Crippen molar-refractivity contribution in [3.63, 3.8) is 0 Å². The summed E-state index contributed by atoms with van der Waals surface area (Å²) in [4.78, 5) is 22.2. The van der Waals surface area contributed by atoms with E-state index in [-0.39, 0.29) is 5.92 Å². The third-order valence-corrected chi connectivity index (χ3v) is 3.76. The molecule has 0 aromatic heterocycles. The predicted molar refractivity (Wildman–Crippen MR) is 65.3 cm³/mol. The maximum Gasteiger partial charge on any atom is 0.307 e. The molecule has 0 radical (unpaired) electrons. The van der Waals surface area contributed by atoms with E-state index in [1.54, 1.807) is 0 Å². The van der Waals surface area contributed by atoms with Crippen LogP contribution in [0.25, 0.3) is 0 Å². The molecule has 0 saturated heterocycles. The maximum absolute atomic E-state index is 11.2. The SMILES string of the molecule is O=C(O)[C@H]1CC[C@@H](c2ccccc2)C[C@@H]1C(=O)O. The van der Waals surface area contributed by atoms with Gasteiger partial charge in [0.05, 0.1) is 11.8 Å². The standard InChI is InChI=1S/C14H16O4/c15-13(16)11-7-6-10(8-12(11)14(17)18)9-4-2-1-3-5-9/h1-5,10-12H,6-8H2,(H,15,16)(H,17,18)/t10-,11+,12+/m1/s1. The van der Waals surface area contributed by atoms with Gasteiger partial charge in [0.2, 0.25) is 0 Å². The van der Waals surface area contributed by atoms with E-state index < -0.39 is 23.8 Å². The molecule has 4 nitrogen and oxygen atoms in total. The molecule has 1 fully saturated rings. The minimum Gasteiger partial charge on any atom is -0.481 e. The third kappa shape index (κ3) is 2.53. The van der Waals surface area contributed by atoms with Crippen molar-refractivity contribution in [2.75, 3.05) is 0 Å². The maximum atomic E-state index is 11.2. The van der Waals surface area contributed by atoms with Crippen LogP contribution < -0.4 is 0 Å². The van der Waals surface area contributed by atoms with Crippen LogP contribution in [0.15, 0.2) is 30.3 Å². The molecule has 2 rings (SSSR count). The van der Waals surface area contributed by atoms with Crippen molar-refractivity contribution in [1.29, 1.82) is 0 Å². The van der Waals surface area contributed by atoms with Crippen molar-refractivity contribution in [2.45, 2.75) is 25.2 Å². The van der Waals surface area contributed by atoms with Crippen LogP contribution in [-0.4, -0.2) is 22.2 Å². The molecule has 2 N–H and O–H groups in total. The fourth-order valence-electron chi connectivity index (χ4n) is 2.77. The van der Waals surface area contributed by atoms with E-state index in [2.05, 4.69) is 0 Å². The first-order valence-electron chi connectivity index (χ1n) is 6.10. The van der Waals surface area contributed by atoms with E-state index in [1.165, 1.54) is 0 Å². The monoisotopic (exact) mass is 248 g/mol. The Bertz CT molecular complexity index is 440. The Kier molecular flexibility index (Phi) is 3.65. The molecule has 18 heavy (non-hydrogen) atoms. The van der Waals surface area contributed by atoms with E-state index in [0.717, 1.165) is 12.0 Å². The Morgan fingerprint density at radius 1 is 0.944 bits per heavy atom. The highest BCUT2D eigenvalue weighted by Gasteiger charge is 2.39. The van der Waals surface area contributed by atoms with Gasteiger partial charge in [0, 0.05) is 0 Å². The normalized spacial score (nSPS) is 27.7. The first-order valence-corrected chi connectivity index (χ1v) is 6.10. The lowest BCUT2D eigenvalue weighted by atomic mass is 9.72. The van der Waals surface area contributed by atoms with Crippen LogP contribution in [0.4, 0.5) is 0 Å². The second-order valence-corrected chi connectivity index (χ2v) is 4.81. The molecule has 1 aliphatic rings. The zero-order valence-electron chi connectivity index (χ0n) is 9.95. The van der Waals surface area contributed by atoms with Crippen LogP contribution in [0.3, 0.4) is 0 Å². The highest BCUT2D eigenvalue weighted by atomic mass is 16.4. The van der Waals surface area contributed by atoms with Crippen LogP contribution >= 0.6 is 0 Å². The van der Waals surface area contributed by atoms with Gasteiger partial charge in [0.15, 0.2) is 0 Å². The Balaban J connectivity index is 2.16. The summed E-state index contributed by atoms with van der Waals surface area (Å²) < 4.78 is 0. The van der Waals surface area contributed by atoms with E-state index in [4.69, 9.17) is 10.2 Å². The van der Waals surface area contributed by atoms with Gasteiger partial charge in [-0.15, -0.1) is 0 Å². The molecule has 1 aliphatic carbocycles. The second kappa shape index (κ2) is 5.21. The van der Waals surface area contributed by atoms with Gasteiger partial charge in [0.25, 0.3) is 0 Å². The summed E-state index contributed by atoms with van der Waals surface area (Å²) in [6.45, 7) is 0. The molecule has 0 bridgehead atoms. The van der Waals surface area contributed by atoms with Crippen molar-refractivity contribution in [2.24, 2.45) is 11.8 Å². The van der Waals surface area contributed by atoms with Crippen molar-refractivity contribution in [1.82, 2.24) is 0 Å².